The van der Waals surface area contributed by atoms with Crippen molar-refractivity contribution in [1.82, 2.24) is 0 Å². The van der Waals surface area contributed by atoms with Crippen molar-refractivity contribution in [3.05, 3.63) is 58.4 Å². The molecular weight excluding hydrogens is 369 g/mol. The third-order valence-electron chi connectivity index (χ3n) is 4.26. The highest BCUT2D eigenvalue weighted by Crippen LogP contribution is 2.30. The first-order valence-electron chi connectivity index (χ1n) is 8.03. The maximum absolute atomic E-state index is 13.3. The molecular formula is C18H16ClF3N2O2. The molecule has 0 spiro atoms. The number of nitrogens with one attached hydrogen (secondary N) is 1. The van der Waals surface area contributed by atoms with E-state index in [-0.39, 0.29) is 17.4 Å². The van der Waals surface area contributed by atoms with Gasteiger partial charge in [-0.1, -0.05) is 11.6 Å². The van der Waals surface area contributed by atoms with Gasteiger partial charge in [0, 0.05) is 36.5 Å². The Labute approximate surface area is 153 Å². The van der Waals surface area contributed by atoms with E-state index in [4.69, 9.17) is 11.6 Å². The Kier molecular flexibility index (Phi) is 5.38. The Balaban J connectivity index is 1.81. The van der Waals surface area contributed by atoms with Crippen LogP contribution in [0.3, 0.4) is 0 Å². The zero-order chi connectivity index (χ0) is 18.8. The van der Waals surface area contributed by atoms with Crippen molar-refractivity contribution in [3.8, 4) is 0 Å². The van der Waals surface area contributed by atoms with Gasteiger partial charge in [0.15, 0.2) is 17.5 Å². The third kappa shape index (κ3) is 3.94. The van der Waals surface area contributed by atoms with Gasteiger partial charge in [-0.15, -0.1) is 0 Å². The molecule has 1 fully saturated rings. The average molecular weight is 385 g/mol. The number of amides is 1. The number of carbonyl (C=O) groups excluding carboxylic acids is 1. The summed E-state index contributed by atoms with van der Waals surface area (Å²) in [4.78, 5) is 14.3. The number of hydrogen-bond acceptors (Lipinski definition) is 3. The van der Waals surface area contributed by atoms with Gasteiger partial charge < -0.3 is 15.3 Å². The zero-order valence-corrected chi connectivity index (χ0v) is 14.4. The minimum Gasteiger partial charge on any atom is -0.393 e. The fourth-order valence-electron chi connectivity index (χ4n) is 2.83. The van der Waals surface area contributed by atoms with Gasteiger partial charge in [-0.3, -0.25) is 4.79 Å². The molecule has 1 aliphatic heterocycles. The molecule has 2 N–H and O–H groups in total. The van der Waals surface area contributed by atoms with Gasteiger partial charge in [-0.2, -0.15) is 0 Å². The number of hydrogen-bond donors (Lipinski definition) is 2. The number of rotatable bonds is 3. The third-order valence-corrected chi connectivity index (χ3v) is 4.57. The van der Waals surface area contributed by atoms with Crippen molar-refractivity contribution in [2.24, 2.45) is 0 Å². The lowest BCUT2D eigenvalue weighted by atomic mass is 10.1. The number of aliphatic hydroxyl groups excluding tert-OH is 1. The van der Waals surface area contributed by atoms with Gasteiger partial charge in [0.1, 0.15) is 0 Å². The molecule has 1 amide bonds. The van der Waals surface area contributed by atoms with E-state index in [1.54, 1.807) is 12.1 Å². The van der Waals surface area contributed by atoms with E-state index in [1.165, 1.54) is 6.07 Å². The summed E-state index contributed by atoms with van der Waals surface area (Å²) in [5, 5.41) is 12.4. The van der Waals surface area contributed by atoms with E-state index in [1.807, 2.05) is 4.90 Å². The molecule has 0 unspecified atom stereocenters. The van der Waals surface area contributed by atoms with Crippen LogP contribution in [0.4, 0.5) is 24.5 Å². The number of aliphatic hydroxyl groups is 1. The minimum absolute atomic E-state index is 0.191. The molecule has 26 heavy (non-hydrogen) atoms. The van der Waals surface area contributed by atoms with Gasteiger partial charge in [-0.25, -0.2) is 13.2 Å². The molecule has 0 atom stereocenters. The Morgan fingerprint density at radius 3 is 2.35 bits per heavy atom. The van der Waals surface area contributed by atoms with Gasteiger partial charge >= 0.3 is 0 Å². The quantitative estimate of drug-likeness (QED) is 0.787. The van der Waals surface area contributed by atoms with E-state index in [2.05, 4.69) is 5.32 Å². The Bertz CT molecular complexity index is 816. The van der Waals surface area contributed by atoms with Crippen LogP contribution in [0.2, 0.25) is 5.02 Å². The topological polar surface area (TPSA) is 52.6 Å². The molecule has 138 valence electrons. The number of halogens is 4. The molecule has 1 heterocycles. The number of piperidine rings is 1. The van der Waals surface area contributed by atoms with Crippen molar-refractivity contribution in [2.45, 2.75) is 18.9 Å². The molecule has 2 aromatic carbocycles. The van der Waals surface area contributed by atoms with E-state index in [9.17, 15) is 23.1 Å². The van der Waals surface area contributed by atoms with Crippen LogP contribution in [0.15, 0.2) is 30.3 Å². The first kappa shape index (κ1) is 18.5. The highest BCUT2D eigenvalue weighted by molar-refractivity contribution is 6.33. The van der Waals surface area contributed by atoms with Crippen LogP contribution < -0.4 is 10.2 Å². The maximum atomic E-state index is 13.3. The minimum atomic E-state index is -1.59. The second-order valence-electron chi connectivity index (χ2n) is 6.09. The van der Waals surface area contributed by atoms with E-state index in [0.29, 0.717) is 48.8 Å². The van der Waals surface area contributed by atoms with Gasteiger partial charge in [0.25, 0.3) is 5.91 Å². The zero-order valence-electron chi connectivity index (χ0n) is 13.6. The second-order valence-corrected chi connectivity index (χ2v) is 6.50. The summed E-state index contributed by atoms with van der Waals surface area (Å²) >= 11 is 6.21. The standard InChI is InChI=1S/C18H16ClF3N2O2/c19-13-2-1-10(7-16(13)24-5-3-12(25)4-6-24)18(26)23-11-8-14(20)17(22)15(21)9-11/h1-2,7-9,12,25H,3-6H2,(H,23,26). The SMILES string of the molecule is O=C(Nc1cc(F)c(F)c(F)c1)c1ccc(Cl)c(N2CCC(O)CC2)c1. The molecule has 0 saturated carbocycles. The summed E-state index contributed by atoms with van der Waals surface area (Å²) in [5.41, 5.74) is 0.687. The highest BCUT2D eigenvalue weighted by Gasteiger charge is 2.20. The van der Waals surface area contributed by atoms with Crippen LogP contribution in [-0.2, 0) is 0 Å². The van der Waals surface area contributed by atoms with Crippen molar-refractivity contribution in [3.63, 3.8) is 0 Å². The van der Waals surface area contributed by atoms with Gasteiger partial charge in [-0.05, 0) is 31.0 Å². The van der Waals surface area contributed by atoms with E-state index < -0.39 is 23.4 Å². The Morgan fingerprint density at radius 1 is 1.12 bits per heavy atom. The predicted octanol–water partition coefficient (Wildman–Crippen LogP) is 3.97. The first-order valence-corrected chi connectivity index (χ1v) is 8.41. The molecule has 0 bridgehead atoms. The molecule has 0 aliphatic carbocycles. The van der Waals surface area contributed by atoms with Crippen LogP contribution >= 0.6 is 11.6 Å². The fraction of sp³-hybridized carbons (Fsp3) is 0.278. The molecule has 1 aliphatic rings. The van der Waals surface area contributed by atoms with Crippen LogP contribution in [0.1, 0.15) is 23.2 Å². The van der Waals surface area contributed by atoms with Crippen LogP contribution in [0, 0.1) is 17.5 Å². The van der Waals surface area contributed by atoms with Crippen LogP contribution in [-0.4, -0.2) is 30.2 Å². The molecule has 3 rings (SSSR count). The lowest BCUT2D eigenvalue weighted by Crippen LogP contribution is -2.36. The van der Waals surface area contributed by atoms with Crippen molar-refractivity contribution >= 4 is 28.9 Å². The number of benzene rings is 2. The van der Waals surface area contributed by atoms with Crippen molar-refractivity contribution in [1.29, 1.82) is 0 Å². The summed E-state index contributed by atoms with van der Waals surface area (Å²) in [6.45, 7) is 1.20. The van der Waals surface area contributed by atoms with E-state index >= 15 is 0 Å². The summed E-state index contributed by atoms with van der Waals surface area (Å²) in [6, 6.07) is 6.03. The monoisotopic (exact) mass is 384 g/mol. The van der Waals surface area contributed by atoms with Crippen molar-refractivity contribution < 1.29 is 23.1 Å². The summed E-state index contributed by atoms with van der Waals surface area (Å²) in [7, 11) is 0. The fourth-order valence-corrected chi connectivity index (χ4v) is 3.07. The van der Waals surface area contributed by atoms with Crippen molar-refractivity contribution in [2.75, 3.05) is 23.3 Å². The molecule has 0 aromatic heterocycles. The molecule has 4 nitrogen and oxygen atoms in total. The molecule has 2 aromatic rings. The van der Waals surface area contributed by atoms with Crippen LogP contribution in [0.5, 0.6) is 0 Å². The van der Waals surface area contributed by atoms with Crippen LogP contribution in [0.25, 0.3) is 0 Å². The average Bonchev–Trinajstić information content (AvgIpc) is 2.61. The number of carbonyl (C=O) groups is 1. The Morgan fingerprint density at radius 2 is 1.73 bits per heavy atom. The lowest BCUT2D eigenvalue weighted by Gasteiger charge is -2.32. The summed E-state index contributed by atoms with van der Waals surface area (Å²) < 4.78 is 39.5. The second kappa shape index (κ2) is 7.55. The summed E-state index contributed by atoms with van der Waals surface area (Å²) in [5.74, 6) is -4.97. The maximum Gasteiger partial charge on any atom is 0.255 e. The van der Waals surface area contributed by atoms with Gasteiger partial charge in [0.05, 0.1) is 16.8 Å². The lowest BCUT2D eigenvalue weighted by molar-refractivity contribution is 0.102. The Hall–Kier alpha value is -2.25. The highest BCUT2D eigenvalue weighted by atomic mass is 35.5. The number of nitrogens with zero attached hydrogens (tertiary/aromatic N) is 1. The normalized spacial score (nSPS) is 15.2. The predicted molar refractivity (Wildman–Crippen MR) is 93.2 cm³/mol. The number of anilines is 2. The van der Waals surface area contributed by atoms with E-state index in [0.717, 1.165) is 0 Å². The molecule has 8 heteroatoms. The molecule has 0 radical (unpaired) electrons. The summed E-state index contributed by atoms with van der Waals surface area (Å²) in [6.07, 6.45) is 0.849. The smallest absolute Gasteiger partial charge is 0.255 e. The first-order chi connectivity index (χ1) is 12.3. The largest absolute Gasteiger partial charge is 0.393 e. The van der Waals surface area contributed by atoms with Gasteiger partial charge in [0.2, 0.25) is 0 Å². The molecule has 1 saturated heterocycles.